The Balaban J connectivity index is 4.29. The molecule has 0 aromatic heterocycles. The summed E-state index contributed by atoms with van der Waals surface area (Å²) in [5.41, 5.74) is 0. The SMILES string of the molecule is CCCCCC/C=C\CCCCCCCC(=O)OCC(COP(=O)(O)OCCNC)OC(=O)CCCCCCCCCCCCCC. The summed E-state index contributed by atoms with van der Waals surface area (Å²) in [6.45, 7) is 4.19. The topological polar surface area (TPSA) is 120 Å². The minimum atomic E-state index is -4.34. The molecule has 0 amide bonds. The zero-order valence-electron chi connectivity index (χ0n) is 30.5. The lowest BCUT2D eigenvalue weighted by atomic mass is 10.0. The van der Waals surface area contributed by atoms with Gasteiger partial charge in [0.05, 0.1) is 13.2 Å². The zero-order valence-corrected chi connectivity index (χ0v) is 31.4. The van der Waals surface area contributed by atoms with Gasteiger partial charge in [-0.3, -0.25) is 18.6 Å². The highest BCUT2D eigenvalue weighted by atomic mass is 31.2. The fourth-order valence-corrected chi connectivity index (χ4v) is 5.94. The number of phosphoric acid groups is 1. The van der Waals surface area contributed by atoms with E-state index in [0.29, 0.717) is 13.0 Å². The van der Waals surface area contributed by atoms with E-state index in [9.17, 15) is 19.0 Å². The predicted molar refractivity (Wildman–Crippen MR) is 192 cm³/mol. The molecular formula is C37H72NO8P. The Labute approximate surface area is 288 Å². The van der Waals surface area contributed by atoms with Gasteiger partial charge >= 0.3 is 19.8 Å². The molecule has 0 radical (unpaired) electrons. The van der Waals surface area contributed by atoms with Crippen LogP contribution in [0.2, 0.25) is 0 Å². The number of likely N-dealkylation sites (N-methyl/N-ethyl adjacent to an activating group) is 1. The van der Waals surface area contributed by atoms with Crippen LogP contribution in [0, 0.1) is 0 Å². The molecule has 0 saturated carbocycles. The van der Waals surface area contributed by atoms with Crippen LogP contribution in [0.15, 0.2) is 12.2 Å². The van der Waals surface area contributed by atoms with Crippen molar-refractivity contribution < 1.29 is 37.6 Å². The smallest absolute Gasteiger partial charge is 0.462 e. The molecule has 2 unspecified atom stereocenters. The zero-order chi connectivity index (χ0) is 34.7. The normalized spacial score (nSPS) is 13.5. The largest absolute Gasteiger partial charge is 0.472 e. The molecular weight excluding hydrogens is 617 g/mol. The molecule has 0 aliphatic heterocycles. The lowest BCUT2D eigenvalue weighted by Crippen LogP contribution is -2.29. The van der Waals surface area contributed by atoms with Gasteiger partial charge in [-0.25, -0.2) is 4.57 Å². The van der Waals surface area contributed by atoms with Crippen LogP contribution >= 0.6 is 7.82 Å². The average molecular weight is 690 g/mol. The first-order valence-electron chi connectivity index (χ1n) is 19.1. The van der Waals surface area contributed by atoms with Crippen LogP contribution in [0.3, 0.4) is 0 Å². The Kier molecular flexibility index (Phi) is 33.7. The molecule has 0 aromatic carbocycles. The first-order valence-corrected chi connectivity index (χ1v) is 20.6. The van der Waals surface area contributed by atoms with Crippen molar-refractivity contribution in [2.24, 2.45) is 0 Å². The molecule has 0 fully saturated rings. The third-order valence-corrected chi connectivity index (χ3v) is 9.12. The van der Waals surface area contributed by atoms with Gasteiger partial charge in [0, 0.05) is 19.4 Å². The molecule has 0 aliphatic carbocycles. The van der Waals surface area contributed by atoms with Crippen LogP contribution in [-0.2, 0) is 32.7 Å². The summed E-state index contributed by atoms with van der Waals surface area (Å²) in [5.74, 6) is -0.813. The summed E-state index contributed by atoms with van der Waals surface area (Å²) in [7, 11) is -2.64. The molecule has 278 valence electrons. The molecule has 2 N–H and O–H groups in total. The maximum absolute atomic E-state index is 12.5. The van der Waals surface area contributed by atoms with Crippen molar-refractivity contribution in [1.82, 2.24) is 5.32 Å². The number of ether oxygens (including phenoxy) is 2. The monoisotopic (exact) mass is 689 g/mol. The number of rotatable bonds is 36. The number of carbonyl (C=O) groups excluding carboxylic acids is 2. The van der Waals surface area contributed by atoms with Crippen molar-refractivity contribution in [2.45, 2.75) is 180 Å². The lowest BCUT2D eigenvalue weighted by molar-refractivity contribution is -0.161. The van der Waals surface area contributed by atoms with Gasteiger partial charge in [0.2, 0.25) is 0 Å². The van der Waals surface area contributed by atoms with E-state index in [1.165, 1.54) is 89.9 Å². The van der Waals surface area contributed by atoms with Gasteiger partial charge in [0.15, 0.2) is 6.10 Å². The number of esters is 2. The number of phosphoric ester groups is 1. The molecule has 0 aromatic rings. The maximum Gasteiger partial charge on any atom is 0.472 e. The van der Waals surface area contributed by atoms with E-state index < -0.39 is 26.5 Å². The Bertz CT molecular complexity index is 794. The van der Waals surface area contributed by atoms with Gasteiger partial charge in [0.25, 0.3) is 0 Å². The van der Waals surface area contributed by atoms with Crippen LogP contribution < -0.4 is 5.32 Å². The lowest BCUT2D eigenvalue weighted by Gasteiger charge is -2.20. The Morgan fingerprint density at radius 1 is 0.638 bits per heavy atom. The summed E-state index contributed by atoms with van der Waals surface area (Å²) in [5, 5.41) is 2.82. The van der Waals surface area contributed by atoms with E-state index in [0.717, 1.165) is 51.4 Å². The van der Waals surface area contributed by atoms with Gasteiger partial charge in [0.1, 0.15) is 6.61 Å². The number of allylic oxidation sites excluding steroid dienone is 2. The second kappa shape index (κ2) is 34.6. The highest BCUT2D eigenvalue weighted by Crippen LogP contribution is 2.43. The number of hydrogen-bond acceptors (Lipinski definition) is 8. The highest BCUT2D eigenvalue weighted by molar-refractivity contribution is 7.47. The van der Waals surface area contributed by atoms with Gasteiger partial charge in [-0.15, -0.1) is 0 Å². The molecule has 0 aliphatic rings. The van der Waals surface area contributed by atoms with Crippen LogP contribution in [0.25, 0.3) is 0 Å². The van der Waals surface area contributed by atoms with Gasteiger partial charge in [-0.05, 0) is 45.6 Å². The summed E-state index contributed by atoms with van der Waals surface area (Å²) in [4.78, 5) is 34.8. The Morgan fingerprint density at radius 2 is 1.09 bits per heavy atom. The van der Waals surface area contributed by atoms with E-state index in [2.05, 4.69) is 31.3 Å². The van der Waals surface area contributed by atoms with Crippen molar-refractivity contribution in [3.63, 3.8) is 0 Å². The standard InChI is InChI=1S/C37H72NO8P/c1-4-6-8-10-12-14-16-18-20-21-23-25-27-29-36(39)43-33-35(34-45-47(41,42)44-32-31-38-3)46-37(40)30-28-26-24-22-19-17-15-13-11-9-7-5-2/h14,16,35,38H,4-13,15,17-34H2,1-3H3,(H,41,42)/b16-14-. The second-order valence-electron chi connectivity index (χ2n) is 12.8. The summed E-state index contributed by atoms with van der Waals surface area (Å²) >= 11 is 0. The van der Waals surface area contributed by atoms with E-state index >= 15 is 0 Å². The summed E-state index contributed by atoms with van der Waals surface area (Å²) < 4.78 is 33.0. The number of carbonyl (C=O) groups is 2. The first kappa shape index (κ1) is 45.8. The molecule has 2 atom stereocenters. The van der Waals surface area contributed by atoms with Gasteiger partial charge < -0.3 is 19.7 Å². The fourth-order valence-electron chi connectivity index (χ4n) is 5.19. The van der Waals surface area contributed by atoms with Crippen LogP contribution in [0.1, 0.15) is 174 Å². The molecule has 47 heavy (non-hydrogen) atoms. The van der Waals surface area contributed by atoms with Crippen molar-refractivity contribution in [3.05, 3.63) is 12.2 Å². The third-order valence-electron chi connectivity index (χ3n) is 8.14. The highest BCUT2D eigenvalue weighted by Gasteiger charge is 2.26. The summed E-state index contributed by atoms with van der Waals surface area (Å²) in [6.07, 6.45) is 31.1. The third kappa shape index (κ3) is 34.4. The number of hydrogen-bond donors (Lipinski definition) is 2. The van der Waals surface area contributed by atoms with Crippen LogP contribution in [0.4, 0.5) is 0 Å². The molecule has 0 spiro atoms. The predicted octanol–water partition coefficient (Wildman–Crippen LogP) is 10.1. The van der Waals surface area contributed by atoms with E-state index in [1.807, 2.05) is 0 Å². The quantitative estimate of drug-likeness (QED) is 0.0286. The Hall–Kier alpha value is -1.25. The molecule has 10 heteroatoms. The minimum Gasteiger partial charge on any atom is -0.462 e. The maximum atomic E-state index is 12.5. The minimum absolute atomic E-state index is 0.0154. The van der Waals surface area contributed by atoms with E-state index in [1.54, 1.807) is 7.05 Å². The van der Waals surface area contributed by atoms with Crippen molar-refractivity contribution in [2.75, 3.05) is 33.4 Å². The van der Waals surface area contributed by atoms with Gasteiger partial charge in [-0.1, -0.05) is 135 Å². The molecule has 0 bridgehead atoms. The first-order chi connectivity index (χ1) is 22.8. The van der Waals surface area contributed by atoms with Crippen molar-refractivity contribution >= 4 is 19.8 Å². The molecule has 0 rings (SSSR count). The second-order valence-corrected chi connectivity index (χ2v) is 14.2. The summed E-state index contributed by atoms with van der Waals surface area (Å²) in [6, 6.07) is 0. The molecule has 9 nitrogen and oxygen atoms in total. The van der Waals surface area contributed by atoms with Crippen molar-refractivity contribution in [3.8, 4) is 0 Å². The van der Waals surface area contributed by atoms with E-state index in [4.69, 9.17) is 18.5 Å². The van der Waals surface area contributed by atoms with E-state index in [-0.39, 0.29) is 32.0 Å². The molecule has 0 saturated heterocycles. The van der Waals surface area contributed by atoms with Crippen molar-refractivity contribution in [1.29, 1.82) is 0 Å². The average Bonchev–Trinajstić information content (AvgIpc) is 3.05. The molecule has 0 heterocycles. The Morgan fingerprint density at radius 3 is 1.60 bits per heavy atom. The number of unbranched alkanes of at least 4 members (excludes halogenated alkanes) is 20. The van der Waals surface area contributed by atoms with Gasteiger partial charge in [-0.2, -0.15) is 0 Å². The fraction of sp³-hybridized carbons (Fsp3) is 0.892. The van der Waals surface area contributed by atoms with Crippen LogP contribution in [-0.4, -0.2) is 56.3 Å². The van der Waals surface area contributed by atoms with Crippen LogP contribution in [0.5, 0.6) is 0 Å². The number of nitrogens with one attached hydrogen (secondary N) is 1.